The number of rotatable bonds is 1. The summed E-state index contributed by atoms with van der Waals surface area (Å²) in [4.78, 5) is 8.94. The van der Waals surface area contributed by atoms with Crippen LogP contribution in [0.4, 0.5) is 0 Å². The number of thiophene rings is 3. The maximum absolute atomic E-state index is 2.50. The maximum atomic E-state index is 2.50. The normalized spacial score (nSPS) is 13.0. The van der Waals surface area contributed by atoms with E-state index in [1.807, 2.05) is 22.7 Å². The number of aryl methyl sites for hydroxylation is 1. The van der Waals surface area contributed by atoms with Crippen molar-refractivity contribution in [2.24, 2.45) is 0 Å². The van der Waals surface area contributed by atoms with E-state index in [0.717, 1.165) is 0 Å². The Morgan fingerprint density at radius 3 is 2.19 bits per heavy atom. The molecular formula is C12H14S3Sn. The first kappa shape index (κ1) is 11.5. The minimum atomic E-state index is -1.85. The molecule has 0 atom stereocenters. The zero-order chi connectivity index (χ0) is 11.5. The monoisotopic (exact) mass is 374 g/mol. The van der Waals surface area contributed by atoms with Crippen molar-refractivity contribution in [2.75, 3.05) is 0 Å². The van der Waals surface area contributed by atoms with Gasteiger partial charge in [-0.15, -0.1) is 0 Å². The van der Waals surface area contributed by atoms with E-state index in [-0.39, 0.29) is 0 Å². The third-order valence-corrected chi connectivity index (χ3v) is 15.8. The van der Waals surface area contributed by atoms with Gasteiger partial charge < -0.3 is 0 Å². The molecule has 0 aliphatic rings. The molecular weight excluding hydrogens is 359 g/mol. The first-order valence-electron chi connectivity index (χ1n) is 5.38. The predicted octanol–water partition coefficient (Wildman–Crippen LogP) is 5.03. The fraction of sp³-hybridized carbons (Fsp3) is 0.333. The second kappa shape index (κ2) is 3.70. The van der Waals surface area contributed by atoms with Crippen LogP contribution in [-0.2, 0) is 0 Å². The molecule has 0 radical (unpaired) electrons. The van der Waals surface area contributed by atoms with Crippen LogP contribution in [0, 0.1) is 6.92 Å². The number of fused-ring (bicyclic) bond motifs is 3. The Morgan fingerprint density at radius 2 is 1.50 bits per heavy atom. The molecule has 0 saturated carbocycles. The summed E-state index contributed by atoms with van der Waals surface area (Å²) in [7, 11) is 0. The average molecular weight is 373 g/mol. The van der Waals surface area contributed by atoms with Crippen molar-refractivity contribution >= 4 is 74.1 Å². The summed E-state index contributed by atoms with van der Waals surface area (Å²) in [5, 5.41) is 0. The molecule has 0 nitrogen and oxygen atoms in total. The summed E-state index contributed by atoms with van der Waals surface area (Å²) < 4.78 is 7.81. The summed E-state index contributed by atoms with van der Waals surface area (Å²) in [6.07, 6.45) is 0. The van der Waals surface area contributed by atoms with Crippen LogP contribution in [0.2, 0.25) is 14.8 Å². The molecule has 3 aromatic rings. The molecule has 0 aromatic carbocycles. The topological polar surface area (TPSA) is 0 Å². The van der Waals surface area contributed by atoms with Gasteiger partial charge in [-0.2, -0.15) is 0 Å². The van der Waals surface area contributed by atoms with Gasteiger partial charge in [0.2, 0.25) is 0 Å². The summed E-state index contributed by atoms with van der Waals surface area (Å²) in [6.45, 7) is 2.21. The Kier molecular flexibility index (Phi) is 2.66. The molecule has 0 bridgehead atoms. The zero-order valence-electron chi connectivity index (χ0n) is 9.88. The van der Waals surface area contributed by atoms with Gasteiger partial charge in [-0.05, 0) is 0 Å². The molecule has 0 saturated heterocycles. The molecule has 0 N–H and O–H groups in total. The van der Waals surface area contributed by atoms with Crippen LogP contribution in [0.15, 0.2) is 12.1 Å². The predicted molar refractivity (Wildman–Crippen MR) is 82.8 cm³/mol. The Labute approximate surface area is 112 Å². The van der Waals surface area contributed by atoms with Crippen LogP contribution in [0.1, 0.15) is 4.88 Å². The summed E-state index contributed by atoms with van der Waals surface area (Å²) in [5.74, 6) is 0. The van der Waals surface area contributed by atoms with Crippen molar-refractivity contribution in [1.82, 2.24) is 0 Å². The summed E-state index contributed by atoms with van der Waals surface area (Å²) >= 11 is 4.15. The quantitative estimate of drug-likeness (QED) is 0.525. The average Bonchev–Trinajstić information content (AvgIpc) is 2.72. The van der Waals surface area contributed by atoms with E-state index >= 15 is 0 Å². The number of hydrogen-bond acceptors (Lipinski definition) is 3. The fourth-order valence-corrected chi connectivity index (χ4v) is 11.3. The van der Waals surface area contributed by atoms with Crippen LogP contribution in [0.25, 0.3) is 18.8 Å². The molecule has 4 heteroatoms. The van der Waals surface area contributed by atoms with E-state index in [1.54, 1.807) is 7.59 Å². The standard InChI is InChI=1S/C9H5S3.3CH3.Sn/c1-5-4-7-9(11-5)8-6(12-7)2-3-10-8;;;;/h2,4H,1H3;3*1H3;. The third kappa shape index (κ3) is 1.76. The van der Waals surface area contributed by atoms with Crippen molar-refractivity contribution in [2.45, 2.75) is 21.7 Å². The third-order valence-electron chi connectivity index (χ3n) is 2.68. The van der Waals surface area contributed by atoms with Crippen LogP contribution >= 0.6 is 34.0 Å². The van der Waals surface area contributed by atoms with Crippen molar-refractivity contribution < 1.29 is 0 Å². The summed E-state index contributed by atoms with van der Waals surface area (Å²) in [5.41, 5.74) is 0. The molecule has 0 aliphatic carbocycles. The van der Waals surface area contributed by atoms with Gasteiger partial charge in [0.15, 0.2) is 0 Å². The van der Waals surface area contributed by atoms with Crippen LogP contribution < -0.4 is 2.89 Å². The molecule has 0 unspecified atom stereocenters. The molecule has 0 amide bonds. The first-order chi connectivity index (χ1) is 7.45. The Morgan fingerprint density at radius 1 is 0.875 bits per heavy atom. The van der Waals surface area contributed by atoms with Gasteiger partial charge in [-0.1, -0.05) is 0 Å². The SMILES string of the molecule is Cc1cc2sc3c[c]([Sn]([CH3])([CH3])[CH3])sc3c2s1. The van der Waals surface area contributed by atoms with Crippen LogP contribution in [-0.4, -0.2) is 18.4 Å². The molecule has 0 fully saturated rings. The van der Waals surface area contributed by atoms with E-state index < -0.39 is 18.4 Å². The van der Waals surface area contributed by atoms with Crippen molar-refractivity contribution in [1.29, 1.82) is 0 Å². The second-order valence-electron chi connectivity index (χ2n) is 5.21. The Balaban J connectivity index is 2.32. The molecule has 3 rings (SSSR count). The second-order valence-corrected chi connectivity index (χ2v) is 24.0. The summed E-state index contributed by atoms with van der Waals surface area (Å²) in [6, 6.07) is 4.81. The van der Waals surface area contributed by atoms with E-state index in [9.17, 15) is 0 Å². The van der Waals surface area contributed by atoms with Gasteiger partial charge in [0.25, 0.3) is 0 Å². The van der Waals surface area contributed by atoms with E-state index in [0.29, 0.717) is 0 Å². The van der Waals surface area contributed by atoms with Crippen molar-refractivity contribution in [3.8, 4) is 0 Å². The van der Waals surface area contributed by atoms with Gasteiger partial charge in [0, 0.05) is 0 Å². The molecule has 3 aromatic heterocycles. The van der Waals surface area contributed by atoms with Gasteiger partial charge in [-0.3, -0.25) is 0 Å². The Hall–Kier alpha value is 0.419. The minimum absolute atomic E-state index is 1.44. The number of hydrogen-bond donors (Lipinski definition) is 0. The molecule has 0 aliphatic heterocycles. The van der Waals surface area contributed by atoms with E-state index in [2.05, 4.69) is 45.2 Å². The van der Waals surface area contributed by atoms with E-state index in [1.165, 1.54) is 19.0 Å². The molecule has 0 spiro atoms. The van der Waals surface area contributed by atoms with Crippen LogP contribution in [0.3, 0.4) is 0 Å². The molecule has 3 heterocycles. The zero-order valence-corrected chi connectivity index (χ0v) is 15.2. The van der Waals surface area contributed by atoms with Crippen molar-refractivity contribution in [3.05, 3.63) is 17.0 Å². The fourth-order valence-electron chi connectivity index (χ4n) is 1.82. The Bertz CT molecular complexity index is 663. The van der Waals surface area contributed by atoms with Gasteiger partial charge in [0.05, 0.1) is 0 Å². The van der Waals surface area contributed by atoms with Crippen molar-refractivity contribution in [3.63, 3.8) is 0 Å². The van der Waals surface area contributed by atoms with Crippen LogP contribution in [0.5, 0.6) is 0 Å². The van der Waals surface area contributed by atoms with Gasteiger partial charge in [0.1, 0.15) is 0 Å². The van der Waals surface area contributed by atoms with Gasteiger partial charge >= 0.3 is 113 Å². The van der Waals surface area contributed by atoms with E-state index in [4.69, 9.17) is 0 Å². The van der Waals surface area contributed by atoms with Gasteiger partial charge in [-0.25, -0.2) is 0 Å². The molecule has 16 heavy (non-hydrogen) atoms. The first-order valence-corrected chi connectivity index (χ1v) is 17.8. The molecule has 84 valence electrons.